The van der Waals surface area contributed by atoms with E-state index in [9.17, 15) is 13.2 Å². The van der Waals surface area contributed by atoms with Crippen molar-refractivity contribution in [3.8, 4) is 0 Å². The Bertz CT molecular complexity index is 644. The second kappa shape index (κ2) is 6.00. The van der Waals surface area contributed by atoms with Crippen LogP contribution in [0.25, 0.3) is 0 Å². The van der Waals surface area contributed by atoms with Crippen LogP contribution in [0.15, 0.2) is 23.1 Å². The van der Waals surface area contributed by atoms with Crippen molar-refractivity contribution in [1.82, 2.24) is 4.31 Å². The summed E-state index contributed by atoms with van der Waals surface area (Å²) in [6.07, 6.45) is 1.27. The van der Waals surface area contributed by atoms with Gasteiger partial charge in [-0.1, -0.05) is 0 Å². The summed E-state index contributed by atoms with van der Waals surface area (Å²) in [5.74, 6) is -1.30. The minimum atomic E-state index is -3.91. The molecule has 1 aromatic rings. The van der Waals surface area contributed by atoms with Crippen LogP contribution in [-0.4, -0.2) is 50.1 Å². The van der Waals surface area contributed by atoms with Gasteiger partial charge in [0.25, 0.3) is 0 Å². The van der Waals surface area contributed by atoms with E-state index < -0.39 is 16.0 Å². The van der Waals surface area contributed by atoms with E-state index in [0.29, 0.717) is 13.0 Å². The zero-order valence-corrected chi connectivity index (χ0v) is 12.5. The molecule has 3 N–H and O–H groups in total. The first-order valence-corrected chi connectivity index (χ1v) is 7.96. The molecule has 1 unspecified atom stereocenters. The van der Waals surface area contributed by atoms with Gasteiger partial charge in [-0.25, -0.2) is 13.2 Å². The molecule has 0 radical (unpaired) electrons. The third-order valence-corrected chi connectivity index (χ3v) is 5.43. The van der Waals surface area contributed by atoms with Crippen LogP contribution >= 0.6 is 0 Å². The van der Waals surface area contributed by atoms with Gasteiger partial charge in [0.15, 0.2) is 0 Å². The van der Waals surface area contributed by atoms with E-state index in [0.717, 1.165) is 6.42 Å². The lowest BCUT2D eigenvalue weighted by atomic mass is 10.1. The van der Waals surface area contributed by atoms with E-state index in [1.54, 1.807) is 0 Å². The standard InChI is InChI=1S/C13H18N2O5S/c1-20-10-3-2-6-15(8-10)21(18,19)12-7-9(14)4-5-11(12)13(16)17/h4-5,7,10H,2-3,6,8,14H2,1H3,(H,16,17). The van der Waals surface area contributed by atoms with Gasteiger partial charge >= 0.3 is 5.97 Å². The lowest BCUT2D eigenvalue weighted by Gasteiger charge is -2.31. The fourth-order valence-corrected chi connectivity index (χ4v) is 4.11. The third-order valence-electron chi connectivity index (χ3n) is 3.53. The Balaban J connectivity index is 2.44. The van der Waals surface area contributed by atoms with E-state index in [-0.39, 0.29) is 28.8 Å². The fraction of sp³-hybridized carbons (Fsp3) is 0.462. The SMILES string of the molecule is COC1CCCN(S(=O)(=O)c2cc(N)ccc2C(=O)O)C1. The Morgan fingerprint density at radius 1 is 1.48 bits per heavy atom. The number of carboxylic acids is 1. The number of rotatable bonds is 4. The van der Waals surface area contributed by atoms with E-state index >= 15 is 0 Å². The maximum Gasteiger partial charge on any atom is 0.337 e. The molecule has 8 heteroatoms. The van der Waals surface area contributed by atoms with Gasteiger partial charge in [-0.3, -0.25) is 0 Å². The maximum absolute atomic E-state index is 12.7. The molecule has 21 heavy (non-hydrogen) atoms. The molecular weight excluding hydrogens is 296 g/mol. The number of methoxy groups -OCH3 is 1. The number of nitrogens with zero attached hydrogens (tertiary/aromatic N) is 1. The molecular formula is C13H18N2O5S. The van der Waals surface area contributed by atoms with E-state index in [4.69, 9.17) is 15.6 Å². The Kier molecular flexibility index (Phi) is 4.50. The number of carboxylic acid groups (broad SMARTS) is 1. The minimum Gasteiger partial charge on any atom is -0.478 e. The summed E-state index contributed by atoms with van der Waals surface area (Å²) in [5.41, 5.74) is 5.54. The summed E-state index contributed by atoms with van der Waals surface area (Å²) in [4.78, 5) is 11.0. The van der Waals surface area contributed by atoms with Crippen LogP contribution in [0.3, 0.4) is 0 Å². The molecule has 7 nitrogen and oxygen atoms in total. The minimum absolute atomic E-state index is 0.178. The van der Waals surface area contributed by atoms with Crippen LogP contribution in [0.2, 0.25) is 0 Å². The number of piperidine rings is 1. The van der Waals surface area contributed by atoms with Crippen LogP contribution in [0.4, 0.5) is 5.69 Å². The number of nitrogen functional groups attached to an aromatic ring is 1. The van der Waals surface area contributed by atoms with Gasteiger partial charge in [0.1, 0.15) is 0 Å². The molecule has 0 saturated carbocycles. The number of carbonyl (C=O) groups is 1. The molecule has 1 aliphatic rings. The predicted octanol–water partition coefficient (Wildman–Crippen LogP) is 0.766. The Morgan fingerprint density at radius 3 is 2.81 bits per heavy atom. The highest BCUT2D eigenvalue weighted by atomic mass is 32.2. The first kappa shape index (κ1) is 15.7. The lowest BCUT2D eigenvalue weighted by molar-refractivity contribution is 0.0571. The number of ether oxygens (including phenoxy) is 1. The highest BCUT2D eigenvalue weighted by Crippen LogP contribution is 2.26. The quantitative estimate of drug-likeness (QED) is 0.794. The van der Waals surface area contributed by atoms with Crippen molar-refractivity contribution in [3.05, 3.63) is 23.8 Å². The van der Waals surface area contributed by atoms with Crippen LogP contribution in [0.5, 0.6) is 0 Å². The second-order valence-corrected chi connectivity index (χ2v) is 6.83. The topological polar surface area (TPSA) is 110 Å². The van der Waals surface area contributed by atoms with Crippen molar-refractivity contribution in [2.24, 2.45) is 0 Å². The summed E-state index contributed by atoms with van der Waals surface area (Å²) < 4.78 is 31.8. The van der Waals surface area contributed by atoms with Gasteiger partial charge < -0.3 is 15.6 Å². The number of hydrogen-bond donors (Lipinski definition) is 2. The van der Waals surface area contributed by atoms with Crippen molar-refractivity contribution in [1.29, 1.82) is 0 Å². The number of nitrogens with two attached hydrogens (primary N) is 1. The van der Waals surface area contributed by atoms with Gasteiger partial charge in [0, 0.05) is 25.9 Å². The maximum atomic E-state index is 12.7. The molecule has 0 aromatic heterocycles. The summed E-state index contributed by atoms with van der Waals surface area (Å²) in [7, 11) is -2.38. The molecule has 1 heterocycles. The molecule has 1 aliphatic heterocycles. The molecule has 1 aromatic carbocycles. The number of sulfonamides is 1. The van der Waals surface area contributed by atoms with Crippen molar-refractivity contribution in [3.63, 3.8) is 0 Å². The highest BCUT2D eigenvalue weighted by molar-refractivity contribution is 7.89. The van der Waals surface area contributed by atoms with Gasteiger partial charge in [-0.2, -0.15) is 4.31 Å². The molecule has 0 aliphatic carbocycles. The monoisotopic (exact) mass is 314 g/mol. The Hall–Kier alpha value is -1.64. The summed E-state index contributed by atoms with van der Waals surface area (Å²) in [6.45, 7) is 0.558. The van der Waals surface area contributed by atoms with Crippen molar-refractivity contribution in [2.45, 2.75) is 23.8 Å². The molecule has 1 saturated heterocycles. The van der Waals surface area contributed by atoms with Crippen LogP contribution in [0, 0.1) is 0 Å². The lowest BCUT2D eigenvalue weighted by Crippen LogP contribution is -2.43. The first-order valence-electron chi connectivity index (χ1n) is 6.52. The molecule has 0 amide bonds. The number of aromatic carboxylic acids is 1. The molecule has 116 valence electrons. The Morgan fingerprint density at radius 2 is 2.19 bits per heavy atom. The van der Waals surface area contributed by atoms with Crippen LogP contribution in [-0.2, 0) is 14.8 Å². The average molecular weight is 314 g/mol. The van der Waals surface area contributed by atoms with E-state index in [2.05, 4.69) is 0 Å². The summed E-state index contributed by atoms with van der Waals surface area (Å²) >= 11 is 0. The van der Waals surface area contributed by atoms with Crippen molar-refractivity contribution >= 4 is 21.7 Å². The molecule has 1 atom stereocenters. The zero-order chi connectivity index (χ0) is 15.6. The van der Waals surface area contributed by atoms with Crippen LogP contribution < -0.4 is 5.73 Å². The van der Waals surface area contributed by atoms with Gasteiger partial charge in [-0.05, 0) is 31.0 Å². The number of hydrogen-bond acceptors (Lipinski definition) is 5. The van der Waals surface area contributed by atoms with E-state index in [1.165, 1.54) is 29.6 Å². The molecule has 1 fully saturated rings. The van der Waals surface area contributed by atoms with Crippen molar-refractivity contribution < 1.29 is 23.1 Å². The van der Waals surface area contributed by atoms with Crippen molar-refractivity contribution in [2.75, 3.05) is 25.9 Å². The first-order chi connectivity index (χ1) is 9.86. The van der Waals surface area contributed by atoms with Crippen LogP contribution in [0.1, 0.15) is 23.2 Å². The Labute approximate surface area is 123 Å². The fourth-order valence-electron chi connectivity index (χ4n) is 2.38. The average Bonchev–Trinajstić information content (AvgIpc) is 2.46. The molecule has 0 bridgehead atoms. The second-order valence-electron chi connectivity index (χ2n) is 4.92. The smallest absolute Gasteiger partial charge is 0.337 e. The molecule has 0 spiro atoms. The summed E-state index contributed by atoms with van der Waals surface area (Å²) in [5, 5.41) is 9.17. The van der Waals surface area contributed by atoms with E-state index in [1.807, 2.05) is 0 Å². The largest absolute Gasteiger partial charge is 0.478 e. The number of anilines is 1. The normalized spacial score (nSPS) is 20.3. The summed E-state index contributed by atoms with van der Waals surface area (Å²) in [6, 6.07) is 3.77. The zero-order valence-electron chi connectivity index (χ0n) is 11.7. The van der Waals surface area contributed by atoms with Gasteiger partial charge in [0.05, 0.1) is 16.6 Å². The van der Waals surface area contributed by atoms with Gasteiger partial charge in [-0.15, -0.1) is 0 Å². The van der Waals surface area contributed by atoms with Gasteiger partial charge in [0.2, 0.25) is 10.0 Å². The highest BCUT2D eigenvalue weighted by Gasteiger charge is 2.33. The third kappa shape index (κ3) is 3.17. The number of benzene rings is 1. The predicted molar refractivity (Wildman–Crippen MR) is 76.6 cm³/mol. The molecule has 2 rings (SSSR count).